The van der Waals surface area contributed by atoms with Gasteiger partial charge in [-0.3, -0.25) is 4.72 Å². The Bertz CT molecular complexity index is 1180. The van der Waals surface area contributed by atoms with E-state index < -0.39 is 10.2 Å². The first-order chi connectivity index (χ1) is 13.0. The molecule has 0 aliphatic carbocycles. The molecule has 3 aromatic rings. The number of rotatable bonds is 3. The summed E-state index contributed by atoms with van der Waals surface area (Å²) in [4.78, 5) is 0. The molecule has 0 saturated heterocycles. The van der Waals surface area contributed by atoms with E-state index in [0.29, 0.717) is 22.8 Å². The number of nitrogens with one attached hydrogen (secondary N) is 2. The molecule has 0 spiro atoms. The zero-order valence-electron chi connectivity index (χ0n) is 14.2. The molecule has 0 aromatic heterocycles. The molecule has 0 amide bonds. The van der Waals surface area contributed by atoms with Crippen molar-refractivity contribution in [1.82, 2.24) is 4.72 Å². The van der Waals surface area contributed by atoms with Crippen LogP contribution in [-0.4, -0.2) is 14.3 Å². The molecule has 7 heteroatoms. The summed E-state index contributed by atoms with van der Waals surface area (Å²) in [6.45, 7) is 0. The first kappa shape index (κ1) is 17.6. The van der Waals surface area contributed by atoms with Gasteiger partial charge in [-0.25, -0.2) is 0 Å². The van der Waals surface area contributed by atoms with E-state index in [1.165, 1.54) is 0 Å². The first-order valence-electron chi connectivity index (χ1n) is 8.32. The number of hydrogen-bond donors (Lipinski definition) is 2. The van der Waals surface area contributed by atoms with Crippen LogP contribution < -0.4 is 10.0 Å². The third-order valence-electron chi connectivity index (χ3n) is 4.19. The minimum absolute atomic E-state index is 0.220. The number of halogens is 1. The summed E-state index contributed by atoms with van der Waals surface area (Å²) in [5.41, 5.74) is 2.16. The van der Waals surface area contributed by atoms with Crippen LogP contribution in [0.15, 0.2) is 82.9 Å². The predicted octanol–water partition coefficient (Wildman–Crippen LogP) is 4.28. The van der Waals surface area contributed by atoms with E-state index in [0.717, 1.165) is 16.3 Å². The van der Waals surface area contributed by atoms with E-state index >= 15 is 0 Å². The topological polar surface area (TPSA) is 70.6 Å². The molecule has 27 heavy (non-hydrogen) atoms. The fourth-order valence-corrected chi connectivity index (χ4v) is 4.09. The van der Waals surface area contributed by atoms with Crippen molar-refractivity contribution in [2.45, 2.75) is 6.42 Å². The second kappa shape index (κ2) is 7.06. The normalized spacial score (nSPS) is 15.6. The number of amidine groups is 1. The van der Waals surface area contributed by atoms with Gasteiger partial charge in [0, 0.05) is 18.2 Å². The molecule has 0 fully saturated rings. The lowest BCUT2D eigenvalue weighted by Crippen LogP contribution is -2.30. The molecule has 2 N–H and O–H groups in total. The lowest BCUT2D eigenvalue weighted by molar-refractivity contribution is 0.589. The predicted molar refractivity (Wildman–Crippen MR) is 110 cm³/mol. The average molecular weight is 398 g/mol. The number of allylic oxidation sites excluding steroid dienone is 1. The highest BCUT2D eigenvalue weighted by atomic mass is 35.5. The Morgan fingerprint density at radius 2 is 1.70 bits per heavy atom. The van der Waals surface area contributed by atoms with Crippen molar-refractivity contribution in [3.8, 4) is 0 Å². The molecule has 5 nitrogen and oxygen atoms in total. The van der Waals surface area contributed by atoms with Crippen molar-refractivity contribution in [3.63, 3.8) is 0 Å². The van der Waals surface area contributed by atoms with E-state index in [-0.39, 0.29) is 5.84 Å². The van der Waals surface area contributed by atoms with Gasteiger partial charge in [0.15, 0.2) is 0 Å². The largest absolute Gasteiger partial charge is 0.343 e. The van der Waals surface area contributed by atoms with Crippen LogP contribution in [0.4, 0.5) is 5.69 Å². The highest BCUT2D eigenvalue weighted by molar-refractivity contribution is 7.88. The Balaban J connectivity index is 1.67. The molecule has 1 aliphatic rings. The molecular weight excluding hydrogens is 382 g/mol. The van der Waals surface area contributed by atoms with E-state index in [9.17, 15) is 8.42 Å². The van der Waals surface area contributed by atoms with E-state index in [1.807, 2.05) is 48.5 Å². The highest BCUT2D eigenvalue weighted by Crippen LogP contribution is 2.24. The highest BCUT2D eigenvalue weighted by Gasteiger charge is 2.19. The van der Waals surface area contributed by atoms with Gasteiger partial charge < -0.3 is 5.32 Å². The van der Waals surface area contributed by atoms with Gasteiger partial charge in [-0.15, -0.1) is 4.40 Å². The number of fused-ring (bicyclic) bond motifs is 1. The summed E-state index contributed by atoms with van der Waals surface area (Å²) in [5.74, 6) is 0.220. The monoisotopic (exact) mass is 397 g/mol. The quantitative estimate of drug-likeness (QED) is 0.693. The van der Waals surface area contributed by atoms with Crippen LogP contribution in [0, 0.1) is 0 Å². The SMILES string of the molecule is O=S1(=O)N=C(Nc2ccccc2Cl)C=C(Cc2cccc3ccccc23)N1. The zero-order chi connectivity index (χ0) is 18.9. The van der Waals surface area contributed by atoms with Gasteiger partial charge in [0.2, 0.25) is 0 Å². The Morgan fingerprint density at radius 1 is 0.963 bits per heavy atom. The maximum absolute atomic E-state index is 12.2. The van der Waals surface area contributed by atoms with Gasteiger partial charge in [-0.05, 0) is 28.5 Å². The van der Waals surface area contributed by atoms with Crippen molar-refractivity contribution in [2.75, 3.05) is 5.32 Å². The Morgan fingerprint density at radius 3 is 2.56 bits per heavy atom. The summed E-state index contributed by atoms with van der Waals surface area (Å²) in [7, 11) is -3.82. The van der Waals surface area contributed by atoms with Crippen LogP contribution in [0.5, 0.6) is 0 Å². The fourth-order valence-electron chi connectivity index (χ4n) is 3.04. The maximum Gasteiger partial charge on any atom is 0.343 e. The second-order valence-electron chi connectivity index (χ2n) is 6.14. The third kappa shape index (κ3) is 3.97. The zero-order valence-corrected chi connectivity index (χ0v) is 15.8. The molecule has 0 unspecified atom stereocenters. The minimum Gasteiger partial charge on any atom is -0.338 e. The van der Waals surface area contributed by atoms with Crippen LogP contribution in [-0.2, 0) is 16.6 Å². The summed E-state index contributed by atoms with van der Waals surface area (Å²) in [6.07, 6.45) is 2.12. The summed E-state index contributed by atoms with van der Waals surface area (Å²) < 4.78 is 30.6. The molecule has 0 atom stereocenters. The van der Waals surface area contributed by atoms with Gasteiger partial charge in [0.25, 0.3) is 0 Å². The molecular formula is C20H16ClN3O2S. The fraction of sp³-hybridized carbons (Fsp3) is 0.0500. The van der Waals surface area contributed by atoms with E-state index in [2.05, 4.69) is 14.4 Å². The molecule has 0 saturated carbocycles. The van der Waals surface area contributed by atoms with Gasteiger partial charge in [0.05, 0.1) is 10.7 Å². The number of hydrogen-bond acceptors (Lipinski definition) is 3. The van der Waals surface area contributed by atoms with E-state index in [1.54, 1.807) is 24.3 Å². The summed E-state index contributed by atoms with van der Waals surface area (Å²) >= 11 is 6.14. The number of para-hydroxylation sites is 1. The second-order valence-corrected chi connectivity index (χ2v) is 7.89. The van der Waals surface area contributed by atoms with Crippen LogP contribution in [0.25, 0.3) is 10.8 Å². The average Bonchev–Trinajstić information content (AvgIpc) is 2.63. The molecule has 136 valence electrons. The van der Waals surface area contributed by atoms with Crippen molar-refractivity contribution in [2.24, 2.45) is 4.40 Å². The maximum atomic E-state index is 12.2. The van der Waals surface area contributed by atoms with Gasteiger partial charge >= 0.3 is 10.2 Å². The number of benzene rings is 3. The van der Waals surface area contributed by atoms with Crippen LogP contribution in [0.1, 0.15) is 5.56 Å². The lowest BCUT2D eigenvalue weighted by atomic mass is 10.0. The number of nitrogens with zero attached hydrogens (tertiary/aromatic N) is 1. The van der Waals surface area contributed by atoms with Crippen molar-refractivity contribution < 1.29 is 8.42 Å². The Kier molecular flexibility index (Phi) is 4.59. The van der Waals surface area contributed by atoms with Gasteiger partial charge in [0.1, 0.15) is 5.84 Å². The van der Waals surface area contributed by atoms with Crippen molar-refractivity contribution in [1.29, 1.82) is 0 Å². The van der Waals surface area contributed by atoms with Crippen LogP contribution in [0.3, 0.4) is 0 Å². The molecule has 3 aromatic carbocycles. The smallest absolute Gasteiger partial charge is 0.338 e. The van der Waals surface area contributed by atoms with Gasteiger partial charge in [-0.2, -0.15) is 8.42 Å². The molecule has 1 aliphatic heterocycles. The molecule has 4 rings (SSSR count). The standard InChI is InChI=1S/C20H16ClN3O2S/c21-18-10-3-4-11-19(18)22-20-13-16(23-27(25,26)24-20)12-15-8-5-7-14-6-1-2-9-17(14)15/h1-11,13,23H,12H2,(H,22,24). The van der Waals surface area contributed by atoms with Crippen LogP contribution in [0.2, 0.25) is 5.02 Å². The Hall–Kier alpha value is -2.83. The molecule has 1 heterocycles. The molecule has 0 radical (unpaired) electrons. The number of anilines is 1. The van der Waals surface area contributed by atoms with Crippen molar-refractivity contribution >= 4 is 44.1 Å². The van der Waals surface area contributed by atoms with E-state index in [4.69, 9.17) is 11.6 Å². The van der Waals surface area contributed by atoms with Crippen LogP contribution >= 0.6 is 11.6 Å². The summed E-state index contributed by atoms with van der Waals surface area (Å²) in [5, 5.41) is 5.66. The lowest BCUT2D eigenvalue weighted by Gasteiger charge is -2.17. The minimum atomic E-state index is -3.82. The Labute approximate surface area is 162 Å². The first-order valence-corrected chi connectivity index (χ1v) is 10.1. The molecule has 0 bridgehead atoms. The van der Waals surface area contributed by atoms with Crippen molar-refractivity contribution in [3.05, 3.63) is 89.1 Å². The third-order valence-corrected chi connectivity index (χ3v) is 5.47. The summed E-state index contributed by atoms with van der Waals surface area (Å²) in [6, 6.07) is 21.1. The van der Waals surface area contributed by atoms with Gasteiger partial charge in [-0.1, -0.05) is 66.2 Å².